The number of benzene rings is 9. The molecule has 0 aliphatic rings. The van der Waals surface area contributed by atoms with Crippen LogP contribution in [0.5, 0.6) is 0 Å². The summed E-state index contributed by atoms with van der Waals surface area (Å²) in [4.78, 5) is 21.4. The third kappa shape index (κ3) is 5.72. The van der Waals surface area contributed by atoms with Crippen molar-refractivity contribution in [3.8, 4) is 56.7 Å². The van der Waals surface area contributed by atoms with E-state index < -0.39 is 0 Å². The lowest BCUT2D eigenvalue weighted by Gasteiger charge is -2.18. The van der Waals surface area contributed by atoms with E-state index in [0.29, 0.717) is 11.8 Å². The van der Waals surface area contributed by atoms with Crippen LogP contribution in [0.25, 0.3) is 141 Å². The zero-order valence-corrected chi connectivity index (χ0v) is 38.9. The molecule has 6 nitrogen and oxygen atoms in total. The largest absolute Gasteiger partial charge is 0.291 e. The van der Waals surface area contributed by atoms with E-state index >= 15 is 0 Å². The lowest BCUT2D eigenvalue weighted by atomic mass is 9.87. The maximum Gasteiger partial charge on any atom is 0.235 e. The second-order valence-electron chi connectivity index (χ2n) is 17.7. The molecule has 9 aromatic carbocycles. The van der Waals surface area contributed by atoms with E-state index in [1.807, 2.05) is 29.8 Å². The van der Waals surface area contributed by atoms with Crippen molar-refractivity contribution in [3.63, 3.8) is 0 Å². The predicted molar refractivity (Wildman–Crippen MR) is 294 cm³/mol. The molecular weight excluding hydrogens is 893 g/mol. The van der Waals surface area contributed by atoms with Crippen molar-refractivity contribution >= 4 is 107 Å². The van der Waals surface area contributed by atoms with Crippen molar-refractivity contribution in [2.24, 2.45) is 0 Å². The normalized spacial score (nSPS) is 12.0. The molecule has 6 aromatic heterocycles. The lowest BCUT2D eigenvalue weighted by Crippen LogP contribution is -2.05. The molecule has 15 aromatic rings. The van der Waals surface area contributed by atoms with Crippen LogP contribution in [-0.2, 0) is 0 Å². The van der Waals surface area contributed by atoms with E-state index in [4.69, 9.17) is 19.9 Å². The Bertz CT molecular complexity index is 4310. The molecule has 0 saturated heterocycles. The maximum absolute atomic E-state index is 5.58. The zero-order valence-electron chi connectivity index (χ0n) is 37.3. The van der Waals surface area contributed by atoms with Gasteiger partial charge in [-0.2, -0.15) is 0 Å². The molecule has 0 aliphatic heterocycles. The molecule has 0 aliphatic carbocycles. The number of rotatable bonds is 6. The highest BCUT2D eigenvalue weighted by Crippen LogP contribution is 2.52. The number of aromatic nitrogens is 6. The summed E-state index contributed by atoms with van der Waals surface area (Å²) < 4.78 is 9.55. The van der Waals surface area contributed by atoms with E-state index in [2.05, 4.69) is 209 Å². The molecule has 0 fully saturated rings. The minimum absolute atomic E-state index is 0.589. The molecule has 0 radical (unpaired) electrons. The minimum Gasteiger partial charge on any atom is -0.291 e. The summed E-state index contributed by atoms with van der Waals surface area (Å²) in [7, 11) is 0. The van der Waals surface area contributed by atoms with Crippen LogP contribution in [0.3, 0.4) is 0 Å². The number of nitrogens with zero attached hydrogens (tertiary/aromatic N) is 6. The number of para-hydroxylation sites is 2. The molecular formula is C62H36N6S2. The Hall–Kier alpha value is -8.82. The van der Waals surface area contributed by atoms with Crippen molar-refractivity contribution in [2.45, 2.75) is 0 Å². The third-order valence-corrected chi connectivity index (χ3v) is 16.3. The monoisotopic (exact) mass is 928 g/mol. The van der Waals surface area contributed by atoms with Gasteiger partial charge in [0, 0.05) is 96.5 Å². The average Bonchev–Trinajstić information content (AvgIpc) is 4.19. The first-order chi connectivity index (χ1) is 34.8. The van der Waals surface area contributed by atoms with Crippen molar-refractivity contribution in [1.29, 1.82) is 0 Å². The van der Waals surface area contributed by atoms with Gasteiger partial charge in [0.2, 0.25) is 5.95 Å². The molecule has 0 N–H and O–H groups in total. The second kappa shape index (κ2) is 15.3. The van der Waals surface area contributed by atoms with Crippen molar-refractivity contribution in [2.75, 3.05) is 0 Å². The summed E-state index contributed by atoms with van der Waals surface area (Å²) in [5, 5.41) is 9.40. The van der Waals surface area contributed by atoms with Crippen LogP contribution in [-0.4, -0.2) is 29.1 Å². The van der Waals surface area contributed by atoms with Gasteiger partial charge in [-0.1, -0.05) is 164 Å². The van der Waals surface area contributed by atoms with Crippen molar-refractivity contribution < 1.29 is 0 Å². The van der Waals surface area contributed by atoms with Gasteiger partial charge in [-0.15, -0.1) is 22.7 Å². The number of hydrogen-bond acceptors (Lipinski definition) is 6. The Morgan fingerprint density at radius 3 is 1.47 bits per heavy atom. The number of thiophene rings is 2. The maximum atomic E-state index is 5.58. The number of hydrogen-bond donors (Lipinski definition) is 0. The van der Waals surface area contributed by atoms with Crippen LogP contribution in [0.2, 0.25) is 0 Å². The van der Waals surface area contributed by atoms with Gasteiger partial charge in [0.05, 0.1) is 27.8 Å². The van der Waals surface area contributed by atoms with Crippen molar-refractivity contribution in [3.05, 3.63) is 219 Å². The summed E-state index contributed by atoms with van der Waals surface area (Å²) >= 11 is 3.61. The molecule has 15 rings (SSSR count). The van der Waals surface area contributed by atoms with Crippen LogP contribution < -0.4 is 0 Å². The molecule has 0 bridgehead atoms. The highest BCUT2D eigenvalue weighted by Gasteiger charge is 2.30. The van der Waals surface area contributed by atoms with E-state index in [9.17, 15) is 0 Å². The summed E-state index contributed by atoms with van der Waals surface area (Å²) in [6.45, 7) is 0. The first kappa shape index (κ1) is 39.2. The van der Waals surface area contributed by atoms with Crippen LogP contribution in [0.4, 0.5) is 0 Å². The first-order valence-electron chi connectivity index (χ1n) is 23.4. The quantitative estimate of drug-likeness (QED) is 0.167. The molecule has 0 atom stereocenters. The fourth-order valence-electron chi connectivity index (χ4n) is 11.0. The lowest BCUT2D eigenvalue weighted by molar-refractivity contribution is 0.989. The molecule has 70 heavy (non-hydrogen) atoms. The van der Waals surface area contributed by atoms with Gasteiger partial charge in [0.25, 0.3) is 0 Å². The van der Waals surface area contributed by atoms with E-state index in [1.54, 1.807) is 11.3 Å². The number of fused-ring (bicyclic) bond motifs is 13. The Balaban J connectivity index is 1.11. The molecule has 0 saturated carbocycles. The van der Waals surface area contributed by atoms with Crippen LogP contribution in [0.1, 0.15) is 0 Å². The zero-order chi connectivity index (χ0) is 45.9. The molecule has 326 valence electrons. The Morgan fingerprint density at radius 2 is 0.843 bits per heavy atom. The van der Waals surface area contributed by atoms with Crippen LogP contribution >= 0.6 is 22.7 Å². The highest BCUT2D eigenvalue weighted by atomic mass is 32.1. The Labute approximate surface area is 408 Å². The van der Waals surface area contributed by atoms with Gasteiger partial charge >= 0.3 is 0 Å². The Kier molecular flexibility index (Phi) is 8.60. The van der Waals surface area contributed by atoms with Gasteiger partial charge in [-0.3, -0.25) is 9.13 Å². The van der Waals surface area contributed by atoms with E-state index in [-0.39, 0.29) is 0 Å². The summed E-state index contributed by atoms with van der Waals surface area (Å²) in [5.41, 5.74) is 11.6. The van der Waals surface area contributed by atoms with Crippen molar-refractivity contribution in [1.82, 2.24) is 29.1 Å². The Morgan fingerprint density at radius 1 is 0.357 bits per heavy atom. The SMILES string of the molecule is c1ccc(-c2c(-c3ccccc3)c3c4ccccc4n(-c4nccc(-c5cccc6c5sc5ccccc56)n4)c3c3c2c2ccccc2n3-c2ccnc(-c3cccc4c3sc3ccccc34)n2)cc1. The van der Waals surface area contributed by atoms with Gasteiger partial charge < -0.3 is 0 Å². The average molecular weight is 929 g/mol. The second-order valence-corrected chi connectivity index (χ2v) is 19.8. The van der Waals surface area contributed by atoms with Crippen LogP contribution in [0.15, 0.2) is 219 Å². The fourth-order valence-corrected chi connectivity index (χ4v) is 13.4. The third-order valence-electron chi connectivity index (χ3n) is 13.9. The van der Waals surface area contributed by atoms with Gasteiger partial charge in [-0.25, -0.2) is 19.9 Å². The molecule has 6 heterocycles. The molecule has 8 heteroatoms. The predicted octanol–water partition coefficient (Wildman–Crippen LogP) is 16.9. The molecule has 0 amide bonds. The standard InChI is InChI=1S/C62H36N6S2/c1-3-17-37(18-4-1)53-54(38-19-5-2-6-20-38)56-45-24-8-12-30-49(45)68(62-64-35-33-47(65-62)43-27-15-25-41-39-21-9-13-31-50(39)69-59(41)43)58(56)57-55(53)44-23-7-11-29-48(44)67(57)52-34-36-63-61(66-52)46-28-16-26-42-40-22-10-14-32-51(40)70-60(42)46/h1-36H. The molecule has 0 spiro atoms. The van der Waals surface area contributed by atoms with Crippen LogP contribution in [0, 0.1) is 0 Å². The fraction of sp³-hybridized carbons (Fsp3) is 0. The topological polar surface area (TPSA) is 61.4 Å². The van der Waals surface area contributed by atoms with Gasteiger partial charge in [0.1, 0.15) is 5.82 Å². The summed E-state index contributed by atoms with van der Waals surface area (Å²) in [6, 6.07) is 73.7. The van der Waals surface area contributed by atoms with E-state index in [0.717, 1.165) is 88.5 Å². The van der Waals surface area contributed by atoms with E-state index in [1.165, 1.54) is 40.3 Å². The first-order valence-corrected chi connectivity index (χ1v) is 25.0. The summed E-state index contributed by atoms with van der Waals surface area (Å²) in [6.07, 6.45) is 3.83. The highest BCUT2D eigenvalue weighted by molar-refractivity contribution is 7.26. The summed E-state index contributed by atoms with van der Waals surface area (Å²) in [5.74, 6) is 2.03. The van der Waals surface area contributed by atoms with Gasteiger partial charge in [0.15, 0.2) is 5.82 Å². The van der Waals surface area contributed by atoms with Gasteiger partial charge in [-0.05, 0) is 53.6 Å². The smallest absolute Gasteiger partial charge is 0.235 e. The minimum atomic E-state index is 0.589. The molecule has 0 unspecified atom stereocenters.